The molecule has 3 nitrogen and oxygen atoms in total. The van der Waals surface area contributed by atoms with Gasteiger partial charge in [0.2, 0.25) is 0 Å². The summed E-state index contributed by atoms with van der Waals surface area (Å²) in [5.74, 6) is 0. The molecule has 1 unspecified atom stereocenters. The third-order valence-corrected chi connectivity index (χ3v) is 3.01. The maximum Gasteiger partial charge on any atom is 0.0774 e. The van der Waals surface area contributed by atoms with Crippen LogP contribution in [0, 0.1) is 0 Å². The summed E-state index contributed by atoms with van der Waals surface area (Å²) in [6.45, 7) is 1.49. The lowest BCUT2D eigenvalue weighted by Crippen LogP contribution is -2.31. The van der Waals surface area contributed by atoms with Gasteiger partial charge in [0.25, 0.3) is 0 Å². The van der Waals surface area contributed by atoms with Crippen LogP contribution in [-0.4, -0.2) is 30.0 Å². The van der Waals surface area contributed by atoms with E-state index in [1.807, 2.05) is 24.4 Å². The summed E-state index contributed by atoms with van der Waals surface area (Å²) >= 11 is 0. The second-order valence-corrected chi connectivity index (χ2v) is 4.34. The average molecular weight is 241 g/mol. The molecule has 0 radical (unpaired) electrons. The fraction of sp³-hybridized carbons (Fsp3) is 0.267. The third kappa shape index (κ3) is 2.94. The Labute approximate surface area is 108 Å². The Balaban J connectivity index is 2.35. The molecule has 3 heteroatoms. The standard InChI is InChI=1S/C15H19N3/c1-18(12-10-16)15(13-7-3-2-4-8-13)14-9-5-6-11-17-14/h2-9,11,15H,10,12,16H2,1H3. The molecule has 0 amide bonds. The number of hydrogen-bond donors (Lipinski definition) is 1. The van der Waals surface area contributed by atoms with E-state index in [0.717, 1.165) is 12.2 Å². The van der Waals surface area contributed by atoms with Gasteiger partial charge in [0.1, 0.15) is 0 Å². The highest BCUT2D eigenvalue weighted by Gasteiger charge is 2.19. The number of rotatable bonds is 5. The van der Waals surface area contributed by atoms with Crippen LogP contribution in [0.25, 0.3) is 0 Å². The zero-order valence-corrected chi connectivity index (χ0v) is 10.7. The van der Waals surface area contributed by atoms with Crippen molar-refractivity contribution in [3.63, 3.8) is 0 Å². The summed E-state index contributed by atoms with van der Waals surface area (Å²) in [5.41, 5.74) is 7.96. The molecule has 0 aliphatic heterocycles. The first-order chi connectivity index (χ1) is 8.83. The van der Waals surface area contributed by atoms with Crippen molar-refractivity contribution in [3.05, 3.63) is 66.0 Å². The summed E-state index contributed by atoms with van der Waals surface area (Å²) < 4.78 is 0. The number of aromatic nitrogens is 1. The van der Waals surface area contributed by atoms with E-state index in [9.17, 15) is 0 Å². The van der Waals surface area contributed by atoms with E-state index in [2.05, 4.69) is 47.3 Å². The highest BCUT2D eigenvalue weighted by Crippen LogP contribution is 2.25. The Morgan fingerprint density at radius 1 is 1.11 bits per heavy atom. The molecule has 0 bridgehead atoms. The largest absolute Gasteiger partial charge is 0.329 e. The van der Waals surface area contributed by atoms with Gasteiger partial charge in [-0.3, -0.25) is 9.88 Å². The summed E-state index contributed by atoms with van der Waals surface area (Å²) in [6, 6.07) is 16.6. The second-order valence-electron chi connectivity index (χ2n) is 4.34. The Hall–Kier alpha value is -1.71. The Morgan fingerprint density at radius 2 is 1.83 bits per heavy atom. The summed E-state index contributed by atoms with van der Waals surface area (Å²) in [6.07, 6.45) is 1.83. The van der Waals surface area contributed by atoms with Gasteiger partial charge < -0.3 is 5.73 Å². The first kappa shape index (κ1) is 12.7. The second kappa shape index (κ2) is 6.28. The van der Waals surface area contributed by atoms with Crippen LogP contribution in [0.3, 0.4) is 0 Å². The van der Waals surface area contributed by atoms with Crippen molar-refractivity contribution in [2.24, 2.45) is 5.73 Å². The minimum Gasteiger partial charge on any atom is -0.329 e. The van der Waals surface area contributed by atoms with Gasteiger partial charge in [-0.25, -0.2) is 0 Å². The van der Waals surface area contributed by atoms with Gasteiger partial charge in [0.05, 0.1) is 11.7 Å². The quantitative estimate of drug-likeness (QED) is 0.871. The highest BCUT2D eigenvalue weighted by atomic mass is 15.1. The van der Waals surface area contributed by atoms with Gasteiger partial charge >= 0.3 is 0 Å². The van der Waals surface area contributed by atoms with Crippen molar-refractivity contribution in [1.29, 1.82) is 0 Å². The normalized spacial score (nSPS) is 12.6. The number of benzene rings is 1. The molecular weight excluding hydrogens is 222 g/mol. The van der Waals surface area contributed by atoms with E-state index in [1.165, 1.54) is 5.56 Å². The zero-order chi connectivity index (χ0) is 12.8. The van der Waals surface area contributed by atoms with E-state index in [-0.39, 0.29) is 6.04 Å². The molecule has 18 heavy (non-hydrogen) atoms. The Kier molecular flexibility index (Phi) is 4.45. The molecular formula is C15H19N3. The maximum atomic E-state index is 5.66. The van der Waals surface area contributed by atoms with Gasteiger partial charge in [-0.05, 0) is 24.7 Å². The minimum absolute atomic E-state index is 0.163. The van der Waals surface area contributed by atoms with Crippen LogP contribution in [0.15, 0.2) is 54.7 Å². The van der Waals surface area contributed by atoms with Crippen LogP contribution in [0.2, 0.25) is 0 Å². The van der Waals surface area contributed by atoms with Gasteiger partial charge in [-0.1, -0.05) is 36.4 Å². The van der Waals surface area contributed by atoms with E-state index in [0.29, 0.717) is 6.54 Å². The van der Waals surface area contributed by atoms with Crippen molar-refractivity contribution in [1.82, 2.24) is 9.88 Å². The van der Waals surface area contributed by atoms with Crippen molar-refractivity contribution < 1.29 is 0 Å². The predicted molar refractivity (Wildman–Crippen MR) is 74.2 cm³/mol. The van der Waals surface area contributed by atoms with Crippen LogP contribution in [0.1, 0.15) is 17.3 Å². The molecule has 2 rings (SSSR count). The van der Waals surface area contributed by atoms with Crippen LogP contribution in [0.4, 0.5) is 0 Å². The number of hydrogen-bond acceptors (Lipinski definition) is 3. The fourth-order valence-corrected chi connectivity index (χ4v) is 2.16. The molecule has 2 aromatic rings. The topological polar surface area (TPSA) is 42.1 Å². The fourth-order valence-electron chi connectivity index (χ4n) is 2.16. The molecule has 0 aliphatic rings. The average Bonchev–Trinajstić information content (AvgIpc) is 2.42. The predicted octanol–water partition coefficient (Wildman–Crippen LogP) is 2.06. The smallest absolute Gasteiger partial charge is 0.0774 e. The van der Waals surface area contributed by atoms with Crippen molar-refractivity contribution in [3.8, 4) is 0 Å². The lowest BCUT2D eigenvalue weighted by atomic mass is 10.0. The maximum absolute atomic E-state index is 5.66. The van der Waals surface area contributed by atoms with Gasteiger partial charge in [0.15, 0.2) is 0 Å². The molecule has 2 N–H and O–H groups in total. The Morgan fingerprint density at radius 3 is 2.44 bits per heavy atom. The first-order valence-electron chi connectivity index (χ1n) is 6.19. The van der Waals surface area contributed by atoms with E-state index < -0.39 is 0 Å². The molecule has 1 heterocycles. The van der Waals surface area contributed by atoms with Crippen molar-refractivity contribution in [2.75, 3.05) is 20.1 Å². The lowest BCUT2D eigenvalue weighted by molar-refractivity contribution is 0.282. The van der Waals surface area contributed by atoms with Gasteiger partial charge in [-0.15, -0.1) is 0 Å². The number of likely N-dealkylation sites (N-methyl/N-ethyl adjacent to an activating group) is 1. The molecule has 0 saturated carbocycles. The van der Waals surface area contributed by atoms with Crippen LogP contribution < -0.4 is 5.73 Å². The third-order valence-electron chi connectivity index (χ3n) is 3.01. The van der Waals surface area contributed by atoms with Crippen molar-refractivity contribution >= 4 is 0 Å². The number of nitrogens with zero attached hydrogens (tertiary/aromatic N) is 2. The summed E-state index contributed by atoms with van der Waals surface area (Å²) in [4.78, 5) is 6.71. The molecule has 94 valence electrons. The molecule has 1 aromatic carbocycles. The monoisotopic (exact) mass is 241 g/mol. The molecule has 0 aliphatic carbocycles. The molecule has 0 fully saturated rings. The lowest BCUT2D eigenvalue weighted by Gasteiger charge is -2.27. The summed E-state index contributed by atoms with van der Waals surface area (Å²) in [7, 11) is 2.08. The highest BCUT2D eigenvalue weighted by molar-refractivity contribution is 5.27. The van der Waals surface area contributed by atoms with E-state index in [4.69, 9.17) is 5.73 Å². The van der Waals surface area contributed by atoms with E-state index in [1.54, 1.807) is 0 Å². The number of pyridine rings is 1. The summed E-state index contributed by atoms with van der Waals surface area (Å²) in [5, 5.41) is 0. The number of nitrogens with two attached hydrogens (primary N) is 1. The van der Waals surface area contributed by atoms with Gasteiger partial charge in [-0.2, -0.15) is 0 Å². The van der Waals surface area contributed by atoms with Crippen LogP contribution in [0.5, 0.6) is 0 Å². The van der Waals surface area contributed by atoms with E-state index >= 15 is 0 Å². The van der Waals surface area contributed by atoms with Gasteiger partial charge in [0, 0.05) is 19.3 Å². The Bertz CT molecular complexity index is 416. The molecule has 0 saturated heterocycles. The molecule has 0 spiro atoms. The first-order valence-corrected chi connectivity index (χ1v) is 6.19. The van der Waals surface area contributed by atoms with Crippen LogP contribution >= 0.6 is 0 Å². The van der Waals surface area contributed by atoms with Crippen molar-refractivity contribution in [2.45, 2.75) is 6.04 Å². The zero-order valence-electron chi connectivity index (χ0n) is 10.7. The molecule has 1 atom stereocenters. The molecule has 1 aromatic heterocycles. The SMILES string of the molecule is CN(CCN)C(c1ccccc1)c1ccccn1. The van der Waals surface area contributed by atoms with Crippen LogP contribution in [-0.2, 0) is 0 Å². The minimum atomic E-state index is 0.163.